The molecule has 1 unspecified atom stereocenters. The second-order valence-corrected chi connectivity index (χ2v) is 6.38. The van der Waals surface area contributed by atoms with Crippen LogP contribution in [0.4, 0.5) is 0 Å². The van der Waals surface area contributed by atoms with Crippen molar-refractivity contribution in [2.24, 2.45) is 17.6 Å². The SMILES string of the molecule is CC(C)NC(CN(CC1CC1)CC1CC1)C(N)=O. The van der Waals surface area contributed by atoms with Crippen molar-refractivity contribution in [2.75, 3.05) is 19.6 Å². The van der Waals surface area contributed by atoms with Gasteiger partial charge in [-0.2, -0.15) is 0 Å². The molecule has 0 heterocycles. The van der Waals surface area contributed by atoms with Crippen LogP contribution in [0, 0.1) is 11.8 Å². The summed E-state index contributed by atoms with van der Waals surface area (Å²) < 4.78 is 0. The van der Waals surface area contributed by atoms with Gasteiger partial charge in [0.25, 0.3) is 0 Å². The zero-order valence-corrected chi connectivity index (χ0v) is 11.7. The van der Waals surface area contributed by atoms with Gasteiger partial charge in [0, 0.05) is 25.7 Å². The topological polar surface area (TPSA) is 58.4 Å². The third-order valence-corrected chi connectivity index (χ3v) is 3.75. The smallest absolute Gasteiger partial charge is 0.235 e. The molecule has 0 saturated heterocycles. The van der Waals surface area contributed by atoms with Crippen molar-refractivity contribution in [2.45, 2.75) is 51.6 Å². The molecule has 2 rings (SSSR count). The lowest BCUT2D eigenvalue weighted by Crippen LogP contribution is -2.52. The Morgan fingerprint density at radius 3 is 2.06 bits per heavy atom. The minimum absolute atomic E-state index is 0.206. The minimum atomic E-state index is -0.222. The summed E-state index contributed by atoms with van der Waals surface area (Å²) in [7, 11) is 0. The molecule has 0 aromatic carbocycles. The van der Waals surface area contributed by atoms with Crippen molar-refractivity contribution in [1.29, 1.82) is 0 Å². The number of carbonyl (C=O) groups is 1. The fraction of sp³-hybridized carbons (Fsp3) is 0.929. The summed E-state index contributed by atoms with van der Waals surface area (Å²) in [6.45, 7) is 7.20. The lowest BCUT2D eigenvalue weighted by atomic mass is 10.2. The molecule has 0 radical (unpaired) electrons. The number of rotatable bonds is 9. The van der Waals surface area contributed by atoms with Crippen LogP contribution in [0.5, 0.6) is 0 Å². The highest BCUT2D eigenvalue weighted by atomic mass is 16.1. The van der Waals surface area contributed by atoms with E-state index in [1.807, 2.05) is 0 Å². The maximum atomic E-state index is 11.5. The van der Waals surface area contributed by atoms with Crippen LogP contribution in [0.1, 0.15) is 39.5 Å². The molecule has 2 aliphatic rings. The van der Waals surface area contributed by atoms with Gasteiger partial charge in [0.15, 0.2) is 0 Å². The summed E-state index contributed by atoms with van der Waals surface area (Å²) in [5.74, 6) is 1.52. The zero-order chi connectivity index (χ0) is 13.1. The molecule has 0 spiro atoms. The maximum absolute atomic E-state index is 11.5. The summed E-state index contributed by atoms with van der Waals surface area (Å²) in [6.07, 6.45) is 5.44. The molecule has 0 aliphatic heterocycles. The first-order valence-electron chi connectivity index (χ1n) is 7.32. The van der Waals surface area contributed by atoms with Gasteiger partial charge in [0.05, 0.1) is 6.04 Å². The summed E-state index contributed by atoms with van der Waals surface area (Å²) in [4.78, 5) is 14.0. The average Bonchev–Trinajstić information content (AvgIpc) is 3.11. The molecule has 1 amide bonds. The number of primary amides is 1. The number of carbonyl (C=O) groups excluding carboxylic acids is 1. The molecule has 2 fully saturated rings. The predicted molar refractivity (Wildman–Crippen MR) is 73.1 cm³/mol. The van der Waals surface area contributed by atoms with Gasteiger partial charge >= 0.3 is 0 Å². The van der Waals surface area contributed by atoms with Crippen LogP contribution >= 0.6 is 0 Å². The normalized spacial score (nSPS) is 21.6. The summed E-state index contributed by atoms with van der Waals surface area (Å²) in [5.41, 5.74) is 5.50. The fourth-order valence-electron chi connectivity index (χ4n) is 2.44. The fourth-order valence-corrected chi connectivity index (χ4v) is 2.44. The molecule has 2 saturated carbocycles. The molecule has 18 heavy (non-hydrogen) atoms. The van der Waals surface area contributed by atoms with Gasteiger partial charge in [-0.05, 0) is 37.5 Å². The Morgan fingerprint density at radius 2 is 1.72 bits per heavy atom. The van der Waals surface area contributed by atoms with Gasteiger partial charge in [0.2, 0.25) is 5.91 Å². The average molecular weight is 253 g/mol. The van der Waals surface area contributed by atoms with Crippen LogP contribution in [0.3, 0.4) is 0 Å². The summed E-state index contributed by atoms with van der Waals surface area (Å²) in [5, 5.41) is 3.28. The number of nitrogens with two attached hydrogens (primary N) is 1. The van der Waals surface area contributed by atoms with E-state index in [-0.39, 0.29) is 11.9 Å². The van der Waals surface area contributed by atoms with Crippen molar-refractivity contribution in [3.8, 4) is 0 Å². The van der Waals surface area contributed by atoms with Crippen molar-refractivity contribution in [1.82, 2.24) is 10.2 Å². The quantitative estimate of drug-likeness (QED) is 0.643. The van der Waals surface area contributed by atoms with Crippen molar-refractivity contribution < 1.29 is 4.79 Å². The molecular formula is C14H27N3O. The highest BCUT2D eigenvalue weighted by molar-refractivity contribution is 5.80. The number of nitrogens with one attached hydrogen (secondary N) is 1. The van der Waals surface area contributed by atoms with E-state index in [4.69, 9.17) is 5.73 Å². The van der Waals surface area contributed by atoms with E-state index < -0.39 is 0 Å². The lowest BCUT2D eigenvalue weighted by molar-refractivity contribution is -0.120. The zero-order valence-electron chi connectivity index (χ0n) is 11.7. The third-order valence-electron chi connectivity index (χ3n) is 3.75. The van der Waals surface area contributed by atoms with Gasteiger partial charge in [-0.1, -0.05) is 13.8 Å². The second kappa shape index (κ2) is 6.02. The van der Waals surface area contributed by atoms with Gasteiger partial charge in [-0.15, -0.1) is 0 Å². The minimum Gasteiger partial charge on any atom is -0.368 e. The highest BCUT2D eigenvalue weighted by Gasteiger charge is 2.31. The molecule has 4 nitrogen and oxygen atoms in total. The Bertz CT molecular complexity index is 271. The molecule has 2 aliphatic carbocycles. The molecule has 4 heteroatoms. The monoisotopic (exact) mass is 253 g/mol. The third kappa shape index (κ3) is 4.94. The van der Waals surface area contributed by atoms with E-state index >= 15 is 0 Å². The maximum Gasteiger partial charge on any atom is 0.235 e. The van der Waals surface area contributed by atoms with Crippen LogP contribution in [-0.4, -0.2) is 42.5 Å². The number of hydrogen-bond donors (Lipinski definition) is 2. The standard InChI is InChI=1S/C14H27N3O/c1-10(2)16-13(14(15)18)9-17(7-11-3-4-11)8-12-5-6-12/h10-13,16H,3-9H2,1-2H3,(H2,15,18). The Balaban J connectivity index is 1.83. The summed E-state index contributed by atoms with van der Waals surface area (Å²) >= 11 is 0. The van der Waals surface area contributed by atoms with E-state index in [1.54, 1.807) is 0 Å². The predicted octanol–water partition coefficient (Wildman–Crippen LogP) is 0.960. The number of hydrogen-bond acceptors (Lipinski definition) is 3. The Hall–Kier alpha value is -0.610. The highest BCUT2D eigenvalue weighted by Crippen LogP contribution is 2.33. The molecular weight excluding hydrogens is 226 g/mol. The Labute approximate surface area is 110 Å². The lowest BCUT2D eigenvalue weighted by Gasteiger charge is -2.27. The van der Waals surface area contributed by atoms with Crippen LogP contribution < -0.4 is 11.1 Å². The number of amides is 1. The van der Waals surface area contributed by atoms with Crippen molar-refractivity contribution in [3.05, 3.63) is 0 Å². The molecule has 104 valence electrons. The summed E-state index contributed by atoms with van der Waals surface area (Å²) in [6, 6.07) is 0.0914. The second-order valence-electron chi connectivity index (χ2n) is 6.38. The van der Waals surface area contributed by atoms with Crippen LogP contribution in [0.2, 0.25) is 0 Å². The first-order valence-corrected chi connectivity index (χ1v) is 7.32. The van der Waals surface area contributed by atoms with Crippen molar-refractivity contribution in [3.63, 3.8) is 0 Å². The van der Waals surface area contributed by atoms with Gasteiger partial charge in [-0.25, -0.2) is 0 Å². The van der Waals surface area contributed by atoms with Gasteiger partial charge < -0.3 is 16.0 Å². The van der Waals surface area contributed by atoms with Crippen LogP contribution in [0.25, 0.3) is 0 Å². The van der Waals surface area contributed by atoms with Crippen molar-refractivity contribution >= 4 is 5.91 Å². The molecule has 0 aromatic heterocycles. The first-order chi connectivity index (χ1) is 8.54. The van der Waals surface area contributed by atoms with E-state index in [1.165, 1.54) is 25.7 Å². The molecule has 1 atom stereocenters. The number of nitrogens with zero attached hydrogens (tertiary/aromatic N) is 1. The Kier molecular flexibility index (Phi) is 4.62. The van der Waals surface area contributed by atoms with Crippen LogP contribution in [-0.2, 0) is 4.79 Å². The van der Waals surface area contributed by atoms with E-state index in [9.17, 15) is 4.79 Å². The van der Waals surface area contributed by atoms with Crippen LogP contribution in [0.15, 0.2) is 0 Å². The van der Waals surface area contributed by atoms with Gasteiger partial charge in [-0.3, -0.25) is 4.79 Å². The van der Waals surface area contributed by atoms with E-state index in [2.05, 4.69) is 24.1 Å². The Morgan fingerprint density at radius 1 is 1.22 bits per heavy atom. The van der Waals surface area contributed by atoms with E-state index in [0.717, 1.165) is 31.5 Å². The first kappa shape index (κ1) is 13.8. The van der Waals surface area contributed by atoms with E-state index in [0.29, 0.717) is 6.04 Å². The largest absolute Gasteiger partial charge is 0.368 e. The van der Waals surface area contributed by atoms with Gasteiger partial charge in [0.1, 0.15) is 0 Å². The molecule has 0 bridgehead atoms. The molecule has 3 N–H and O–H groups in total. The molecule has 0 aromatic rings.